The van der Waals surface area contributed by atoms with E-state index < -0.39 is 10.1 Å². The lowest BCUT2D eigenvalue weighted by Gasteiger charge is -2.14. The molecule has 0 saturated carbocycles. The van der Waals surface area contributed by atoms with Crippen molar-refractivity contribution in [2.24, 2.45) is 0 Å². The van der Waals surface area contributed by atoms with Gasteiger partial charge in [-0.25, -0.2) is 8.42 Å². The fourth-order valence-electron chi connectivity index (χ4n) is 2.22. The Morgan fingerprint density at radius 3 is 1.91 bits per heavy atom. The number of halogens is 1. The molecular weight excluding hydrogens is 338 g/mol. The van der Waals surface area contributed by atoms with Gasteiger partial charge in [-0.3, -0.25) is 11.6 Å². The number of pyridine rings is 1. The summed E-state index contributed by atoms with van der Waals surface area (Å²) in [7, 11) is -4.33. The SMILES string of the molecule is Cc1cc(C)c(S(=O)(=O)[O-])c(C)c1.Cc1ccc(N)[n+](N)c1Cl. The summed E-state index contributed by atoms with van der Waals surface area (Å²) in [4.78, 5) is -0.0851. The van der Waals surface area contributed by atoms with Gasteiger partial charge in [-0.15, -0.1) is 4.68 Å². The highest BCUT2D eigenvalue weighted by molar-refractivity contribution is 7.85. The number of aromatic nitrogens is 1. The molecule has 6 nitrogen and oxygen atoms in total. The molecule has 8 heteroatoms. The predicted molar refractivity (Wildman–Crippen MR) is 89.6 cm³/mol. The van der Waals surface area contributed by atoms with Crippen molar-refractivity contribution in [3.8, 4) is 0 Å². The quantitative estimate of drug-likeness (QED) is 0.349. The summed E-state index contributed by atoms with van der Waals surface area (Å²) in [5.41, 5.74) is 8.36. The minimum Gasteiger partial charge on any atom is -0.744 e. The summed E-state index contributed by atoms with van der Waals surface area (Å²) in [5, 5.41) is 0.472. The lowest BCUT2D eigenvalue weighted by molar-refractivity contribution is -0.621. The van der Waals surface area contributed by atoms with Crippen LogP contribution in [0.3, 0.4) is 0 Å². The smallest absolute Gasteiger partial charge is 0.296 e. The van der Waals surface area contributed by atoms with Crippen LogP contribution in [-0.2, 0) is 10.1 Å². The van der Waals surface area contributed by atoms with Gasteiger partial charge in [0.05, 0.1) is 4.90 Å². The van der Waals surface area contributed by atoms with Crippen LogP contribution in [-0.4, -0.2) is 13.0 Å². The Hall–Kier alpha value is -1.83. The van der Waals surface area contributed by atoms with Crippen LogP contribution in [0.5, 0.6) is 0 Å². The first-order valence-corrected chi connectivity index (χ1v) is 8.49. The molecule has 4 N–H and O–H groups in total. The van der Waals surface area contributed by atoms with Gasteiger partial charge < -0.3 is 4.55 Å². The maximum atomic E-state index is 10.8. The second kappa shape index (κ2) is 7.16. The van der Waals surface area contributed by atoms with E-state index in [0.29, 0.717) is 22.1 Å². The van der Waals surface area contributed by atoms with E-state index in [0.717, 1.165) is 11.1 Å². The van der Waals surface area contributed by atoms with Crippen molar-refractivity contribution in [1.29, 1.82) is 0 Å². The maximum Gasteiger partial charge on any atom is 0.296 e. The van der Waals surface area contributed by atoms with E-state index in [-0.39, 0.29) is 4.90 Å². The Morgan fingerprint density at radius 1 is 1.04 bits per heavy atom. The van der Waals surface area contributed by atoms with Crippen molar-refractivity contribution in [3.63, 3.8) is 0 Å². The van der Waals surface area contributed by atoms with Gasteiger partial charge in [-0.2, -0.15) is 0 Å². The van der Waals surface area contributed by atoms with Crippen LogP contribution in [0.4, 0.5) is 5.82 Å². The third kappa shape index (κ3) is 4.82. The van der Waals surface area contributed by atoms with Crippen LogP contribution in [0, 0.1) is 27.7 Å². The first-order chi connectivity index (χ1) is 10.4. The van der Waals surface area contributed by atoms with E-state index in [1.807, 2.05) is 19.9 Å². The number of anilines is 1. The molecule has 0 atom stereocenters. The zero-order valence-electron chi connectivity index (χ0n) is 13.4. The first-order valence-electron chi connectivity index (χ1n) is 6.70. The summed E-state index contributed by atoms with van der Waals surface area (Å²) in [6, 6.07) is 6.91. The topological polar surface area (TPSA) is 113 Å². The first kappa shape index (κ1) is 19.2. The van der Waals surface area contributed by atoms with Crippen molar-refractivity contribution >= 4 is 27.5 Å². The maximum absolute atomic E-state index is 10.8. The number of nitrogen functional groups attached to an aromatic ring is 2. The number of hydrogen-bond acceptors (Lipinski definition) is 5. The average Bonchev–Trinajstić information content (AvgIpc) is 2.39. The standard InChI is InChI=1S/C9H12O3S.C6H8ClN3/c1-6-4-7(2)9(8(3)5-6)13(10,11)12;1-4-2-3-5(8)10(9)6(4)7/h4-5H,1-3H3,(H,10,11,12);2-3,8H,9H2,1H3. The second-order valence-corrected chi connectivity index (χ2v) is 6.96. The van der Waals surface area contributed by atoms with Gasteiger partial charge in [0.2, 0.25) is 5.15 Å². The fourth-order valence-corrected chi connectivity index (χ4v) is 3.29. The number of nitrogens with zero attached hydrogens (tertiary/aromatic N) is 1. The summed E-state index contributed by atoms with van der Waals surface area (Å²) >= 11 is 5.74. The number of hydrogen-bond donors (Lipinski definition) is 2. The number of benzene rings is 1. The normalized spacial score (nSPS) is 10.9. The zero-order valence-corrected chi connectivity index (χ0v) is 15.0. The number of rotatable bonds is 1. The van der Waals surface area contributed by atoms with E-state index in [9.17, 15) is 13.0 Å². The van der Waals surface area contributed by atoms with E-state index in [4.69, 9.17) is 23.2 Å². The molecule has 2 rings (SSSR count). The summed E-state index contributed by atoms with van der Waals surface area (Å²) in [6.07, 6.45) is 0. The molecule has 0 unspecified atom stereocenters. The molecule has 0 fully saturated rings. The van der Waals surface area contributed by atoms with Gasteiger partial charge in [0, 0.05) is 11.6 Å². The van der Waals surface area contributed by atoms with E-state index in [1.165, 1.54) is 4.68 Å². The summed E-state index contributed by atoms with van der Waals surface area (Å²) in [5.74, 6) is 5.90. The third-order valence-electron chi connectivity index (χ3n) is 3.17. The highest BCUT2D eigenvalue weighted by Gasteiger charge is 2.09. The van der Waals surface area contributed by atoms with Crippen molar-refractivity contribution in [3.05, 3.63) is 51.7 Å². The third-order valence-corrected chi connectivity index (χ3v) is 4.80. The van der Waals surface area contributed by atoms with Crippen molar-refractivity contribution in [2.45, 2.75) is 32.6 Å². The van der Waals surface area contributed by atoms with Crippen LogP contribution >= 0.6 is 11.6 Å². The molecule has 1 aromatic carbocycles. The second-order valence-electron chi connectivity index (χ2n) is 5.28. The Bertz CT molecular complexity index is 786. The monoisotopic (exact) mass is 357 g/mol. The van der Waals surface area contributed by atoms with Crippen LogP contribution in [0.2, 0.25) is 5.15 Å². The van der Waals surface area contributed by atoms with E-state index in [1.54, 1.807) is 32.0 Å². The highest BCUT2D eigenvalue weighted by Crippen LogP contribution is 2.20. The molecule has 2 aromatic rings. The lowest BCUT2D eigenvalue weighted by Crippen LogP contribution is -2.48. The van der Waals surface area contributed by atoms with Crippen molar-refractivity contribution < 1.29 is 17.6 Å². The van der Waals surface area contributed by atoms with Gasteiger partial charge >= 0.3 is 0 Å². The predicted octanol–water partition coefficient (Wildman–Crippen LogP) is 1.75. The van der Waals surface area contributed by atoms with E-state index in [2.05, 4.69) is 0 Å². The minimum atomic E-state index is -4.33. The number of aryl methyl sites for hydroxylation is 4. The van der Waals surface area contributed by atoms with Gasteiger partial charge in [-0.05, 0) is 56.5 Å². The van der Waals surface area contributed by atoms with E-state index >= 15 is 0 Å². The molecule has 0 amide bonds. The van der Waals surface area contributed by atoms with Gasteiger partial charge in [-0.1, -0.05) is 17.7 Å². The Labute approximate surface area is 141 Å². The molecule has 0 bridgehead atoms. The fraction of sp³-hybridized carbons (Fsp3) is 0.267. The molecule has 1 heterocycles. The largest absolute Gasteiger partial charge is 0.744 e. The zero-order chi connectivity index (χ0) is 17.9. The molecule has 126 valence electrons. The Morgan fingerprint density at radius 2 is 1.52 bits per heavy atom. The van der Waals surface area contributed by atoms with Gasteiger partial charge in [0.1, 0.15) is 10.1 Å². The van der Waals surface area contributed by atoms with Crippen LogP contribution in [0.1, 0.15) is 22.3 Å². The molecule has 0 spiro atoms. The number of nitrogens with two attached hydrogens (primary N) is 2. The average molecular weight is 358 g/mol. The molecule has 23 heavy (non-hydrogen) atoms. The van der Waals surface area contributed by atoms with Crippen molar-refractivity contribution in [1.82, 2.24) is 0 Å². The van der Waals surface area contributed by atoms with Crippen molar-refractivity contribution in [2.75, 3.05) is 11.6 Å². The molecule has 0 saturated heterocycles. The van der Waals surface area contributed by atoms with Crippen LogP contribution in [0.25, 0.3) is 0 Å². The molecule has 1 aromatic heterocycles. The molecular formula is C15H20ClN3O3S. The lowest BCUT2D eigenvalue weighted by atomic mass is 10.1. The van der Waals surface area contributed by atoms with Crippen LogP contribution < -0.4 is 16.3 Å². The molecule has 0 aliphatic carbocycles. The highest BCUT2D eigenvalue weighted by atomic mass is 35.5. The Balaban J connectivity index is 0.000000238. The van der Waals surface area contributed by atoms with Gasteiger partial charge in [0.25, 0.3) is 5.82 Å². The molecule has 0 aliphatic rings. The molecule has 0 radical (unpaired) electrons. The Kier molecular flexibility index (Phi) is 5.98. The summed E-state index contributed by atoms with van der Waals surface area (Å²) < 4.78 is 33.7. The van der Waals surface area contributed by atoms with Crippen LogP contribution in [0.15, 0.2) is 29.2 Å². The minimum absolute atomic E-state index is 0.0851. The summed E-state index contributed by atoms with van der Waals surface area (Å²) in [6.45, 7) is 6.99. The molecule has 0 aliphatic heterocycles. The van der Waals surface area contributed by atoms with Gasteiger partial charge in [0.15, 0.2) is 0 Å².